The molecular weight excluding hydrogens is 210 g/mol. The molecular formula is C11H21NO4. The lowest BCUT2D eigenvalue weighted by Crippen LogP contribution is -2.44. The largest absolute Gasteiger partial charge is 0.481 e. The topological polar surface area (TPSA) is 59.0 Å². The van der Waals surface area contributed by atoms with Gasteiger partial charge in [-0.1, -0.05) is 6.92 Å². The van der Waals surface area contributed by atoms with Gasteiger partial charge in [0.2, 0.25) is 0 Å². The average molecular weight is 231 g/mol. The number of rotatable bonds is 7. The second-order valence-corrected chi connectivity index (χ2v) is 4.00. The second kappa shape index (κ2) is 7.60. The summed E-state index contributed by atoms with van der Waals surface area (Å²) in [6.07, 6.45) is 0.953. The normalized spacial score (nSPS) is 22.2. The molecule has 94 valence electrons. The Morgan fingerprint density at radius 2 is 2.38 bits per heavy atom. The van der Waals surface area contributed by atoms with Crippen LogP contribution in [0.1, 0.15) is 19.8 Å². The number of aliphatic carboxylic acids is 1. The lowest BCUT2D eigenvalue weighted by atomic mass is 10.2. The zero-order valence-corrected chi connectivity index (χ0v) is 9.85. The molecule has 1 aliphatic heterocycles. The van der Waals surface area contributed by atoms with Crippen LogP contribution in [0.25, 0.3) is 0 Å². The summed E-state index contributed by atoms with van der Waals surface area (Å²) in [5.41, 5.74) is 0. The molecule has 1 saturated heterocycles. The van der Waals surface area contributed by atoms with E-state index in [-0.39, 0.29) is 12.5 Å². The van der Waals surface area contributed by atoms with Crippen molar-refractivity contribution >= 4 is 5.97 Å². The summed E-state index contributed by atoms with van der Waals surface area (Å²) in [6.45, 7) is 6.63. The second-order valence-electron chi connectivity index (χ2n) is 4.00. The van der Waals surface area contributed by atoms with Gasteiger partial charge in [0.1, 0.15) is 0 Å². The number of ether oxygens (including phenoxy) is 2. The number of carbonyl (C=O) groups is 1. The Morgan fingerprint density at radius 1 is 1.56 bits per heavy atom. The van der Waals surface area contributed by atoms with Gasteiger partial charge in [-0.2, -0.15) is 0 Å². The summed E-state index contributed by atoms with van der Waals surface area (Å²) in [4.78, 5) is 12.8. The zero-order chi connectivity index (χ0) is 11.8. The molecule has 0 saturated carbocycles. The Bertz CT molecular complexity index is 210. The fourth-order valence-corrected chi connectivity index (χ4v) is 1.74. The van der Waals surface area contributed by atoms with Gasteiger partial charge in [-0.25, -0.2) is 0 Å². The minimum Gasteiger partial charge on any atom is -0.481 e. The smallest absolute Gasteiger partial charge is 0.306 e. The Balaban J connectivity index is 2.14. The van der Waals surface area contributed by atoms with E-state index in [4.69, 9.17) is 14.6 Å². The van der Waals surface area contributed by atoms with Gasteiger partial charge in [-0.15, -0.1) is 0 Å². The first-order valence-electron chi connectivity index (χ1n) is 5.86. The van der Waals surface area contributed by atoms with Crippen molar-refractivity contribution in [3.05, 3.63) is 0 Å². The van der Waals surface area contributed by atoms with Crippen LogP contribution in [0.3, 0.4) is 0 Å². The molecule has 1 N–H and O–H groups in total. The number of nitrogens with zero attached hydrogens (tertiary/aromatic N) is 1. The molecule has 1 atom stereocenters. The molecule has 0 radical (unpaired) electrons. The van der Waals surface area contributed by atoms with Crippen molar-refractivity contribution in [2.45, 2.75) is 25.9 Å². The first kappa shape index (κ1) is 13.4. The van der Waals surface area contributed by atoms with E-state index < -0.39 is 5.97 Å². The summed E-state index contributed by atoms with van der Waals surface area (Å²) < 4.78 is 10.8. The van der Waals surface area contributed by atoms with Crippen LogP contribution in [0, 0.1) is 0 Å². The molecule has 16 heavy (non-hydrogen) atoms. The molecule has 0 spiro atoms. The van der Waals surface area contributed by atoms with Crippen molar-refractivity contribution in [1.29, 1.82) is 0 Å². The van der Waals surface area contributed by atoms with Crippen LogP contribution in [0.5, 0.6) is 0 Å². The minimum atomic E-state index is -0.797. The highest BCUT2D eigenvalue weighted by molar-refractivity contribution is 5.67. The lowest BCUT2D eigenvalue weighted by Gasteiger charge is -2.32. The number of carboxylic acid groups (broad SMARTS) is 1. The van der Waals surface area contributed by atoms with Gasteiger partial charge in [-0.05, 0) is 6.42 Å². The quantitative estimate of drug-likeness (QED) is 0.650. The SMILES string of the molecule is CCCOCCN1CCOC(CC(=O)O)C1. The molecule has 0 aromatic carbocycles. The molecule has 0 aromatic heterocycles. The molecule has 0 amide bonds. The molecule has 1 fully saturated rings. The van der Waals surface area contributed by atoms with E-state index in [0.717, 1.165) is 26.1 Å². The maximum Gasteiger partial charge on any atom is 0.306 e. The molecule has 1 heterocycles. The maximum absolute atomic E-state index is 10.6. The van der Waals surface area contributed by atoms with Gasteiger partial charge in [-0.3, -0.25) is 9.69 Å². The van der Waals surface area contributed by atoms with Gasteiger partial charge in [0, 0.05) is 26.2 Å². The lowest BCUT2D eigenvalue weighted by molar-refractivity contribution is -0.142. The molecule has 0 aromatic rings. The first-order valence-corrected chi connectivity index (χ1v) is 5.86. The van der Waals surface area contributed by atoms with Gasteiger partial charge < -0.3 is 14.6 Å². The Labute approximate surface area is 96.3 Å². The van der Waals surface area contributed by atoms with Gasteiger partial charge >= 0.3 is 5.97 Å². The maximum atomic E-state index is 10.6. The van der Waals surface area contributed by atoms with Gasteiger partial charge in [0.25, 0.3) is 0 Å². The third kappa shape index (κ3) is 5.44. The molecule has 5 heteroatoms. The average Bonchev–Trinajstić information content (AvgIpc) is 2.24. The van der Waals surface area contributed by atoms with Crippen LogP contribution in [-0.2, 0) is 14.3 Å². The molecule has 1 rings (SSSR count). The number of carboxylic acids is 1. The van der Waals surface area contributed by atoms with Crippen LogP contribution in [0.15, 0.2) is 0 Å². The van der Waals surface area contributed by atoms with Crippen LogP contribution < -0.4 is 0 Å². The van der Waals surface area contributed by atoms with E-state index in [9.17, 15) is 4.79 Å². The third-order valence-corrected chi connectivity index (χ3v) is 2.53. The standard InChI is InChI=1S/C11H21NO4/c1-2-5-15-6-3-12-4-7-16-10(9-12)8-11(13)14/h10H,2-9H2,1H3,(H,13,14). The highest BCUT2D eigenvalue weighted by Crippen LogP contribution is 2.08. The predicted molar refractivity (Wildman–Crippen MR) is 59.5 cm³/mol. The van der Waals surface area contributed by atoms with Gasteiger partial charge in [0.05, 0.1) is 25.7 Å². The summed E-state index contributed by atoms with van der Waals surface area (Å²) in [5.74, 6) is -0.797. The Kier molecular flexibility index (Phi) is 6.37. The van der Waals surface area contributed by atoms with Crippen molar-refractivity contribution in [2.24, 2.45) is 0 Å². The van der Waals surface area contributed by atoms with Crippen LogP contribution in [0.4, 0.5) is 0 Å². The number of hydrogen-bond acceptors (Lipinski definition) is 4. The fraction of sp³-hybridized carbons (Fsp3) is 0.909. The number of hydrogen-bond donors (Lipinski definition) is 1. The Hall–Kier alpha value is -0.650. The van der Waals surface area contributed by atoms with E-state index in [0.29, 0.717) is 19.8 Å². The van der Waals surface area contributed by atoms with Crippen molar-refractivity contribution in [2.75, 3.05) is 39.5 Å². The summed E-state index contributed by atoms with van der Waals surface area (Å²) >= 11 is 0. The molecule has 0 bridgehead atoms. The van der Waals surface area contributed by atoms with E-state index in [1.165, 1.54) is 0 Å². The highest BCUT2D eigenvalue weighted by Gasteiger charge is 2.22. The zero-order valence-electron chi connectivity index (χ0n) is 9.85. The molecule has 1 aliphatic rings. The van der Waals surface area contributed by atoms with Crippen LogP contribution in [0.2, 0.25) is 0 Å². The summed E-state index contributed by atoms with van der Waals surface area (Å²) in [6, 6.07) is 0. The van der Waals surface area contributed by atoms with Gasteiger partial charge in [0.15, 0.2) is 0 Å². The Morgan fingerprint density at radius 3 is 3.06 bits per heavy atom. The highest BCUT2D eigenvalue weighted by atomic mass is 16.5. The van der Waals surface area contributed by atoms with Crippen LogP contribution >= 0.6 is 0 Å². The van der Waals surface area contributed by atoms with E-state index in [1.54, 1.807) is 0 Å². The molecule has 1 unspecified atom stereocenters. The minimum absolute atomic E-state index is 0.0896. The van der Waals surface area contributed by atoms with Crippen LogP contribution in [-0.4, -0.2) is 61.5 Å². The molecule has 0 aliphatic carbocycles. The summed E-state index contributed by atoms with van der Waals surface area (Å²) in [5, 5.41) is 8.67. The third-order valence-electron chi connectivity index (χ3n) is 2.53. The monoisotopic (exact) mass is 231 g/mol. The van der Waals surface area contributed by atoms with E-state index >= 15 is 0 Å². The predicted octanol–water partition coefficient (Wildman–Crippen LogP) is 0.589. The first-order chi connectivity index (χ1) is 7.72. The van der Waals surface area contributed by atoms with Crippen molar-refractivity contribution in [1.82, 2.24) is 4.90 Å². The van der Waals surface area contributed by atoms with E-state index in [1.807, 2.05) is 0 Å². The van der Waals surface area contributed by atoms with Crippen molar-refractivity contribution in [3.63, 3.8) is 0 Å². The molecule has 5 nitrogen and oxygen atoms in total. The van der Waals surface area contributed by atoms with Crippen molar-refractivity contribution < 1.29 is 19.4 Å². The fourth-order valence-electron chi connectivity index (χ4n) is 1.74. The van der Waals surface area contributed by atoms with Crippen molar-refractivity contribution in [3.8, 4) is 0 Å². The van der Waals surface area contributed by atoms with E-state index in [2.05, 4.69) is 11.8 Å². The number of morpholine rings is 1. The summed E-state index contributed by atoms with van der Waals surface area (Å²) in [7, 11) is 0.